The van der Waals surface area contributed by atoms with Gasteiger partial charge in [-0.1, -0.05) is 29.4 Å². The molecule has 0 aliphatic rings. The topological polar surface area (TPSA) is 76.2 Å². The SMILES string of the molecule is O=S(Cc1ccc(CO)cc1)Cc1nc(-c2ccsc2)no1. The van der Waals surface area contributed by atoms with Gasteiger partial charge in [0, 0.05) is 27.5 Å². The van der Waals surface area contributed by atoms with Crippen LogP contribution in [0.15, 0.2) is 45.6 Å². The fraction of sp³-hybridized carbons (Fsp3) is 0.200. The van der Waals surface area contributed by atoms with Crippen LogP contribution in [-0.4, -0.2) is 19.5 Å². The molecule has 0 bridgehead atoms. The first-order valence-electron chi connectivity index (χ1n) is 6.63. The van der Waals surface area contributed by atoms with Gasteiger partial charge in [-0.2, -0.15) is 16.3 Å². The zero-order valence-electron chi connectivity index (χ0n) is 11.6. The van der Waals surface area contributed by atoms with E-state index >= 15 is 0 Å². The number of benzene rings is 1. The fourth-order valence-corrected chi connectivity index (χ4v) is 3.63. The van der Waals surface area contributed by atoms with Crippen molar-refractivity contribution in [2.45, 2.75) is 18.1 Å². The Labute approximate surface area is 134 Å². The van der Waals surface area contributed by atoms with Crippen molar-refractivity contribution in [1.82, 2.24) is 10.1 Å². The minimum Gasteiger partial charge on any atom is -0.392 e. The maximum Gasteiger partial charge on any atom is 0.239 e. The highest BCUT2D eigenvalue weighted by Gasteiger charge is 2.12. The highest BCUT2D eigenvalue weighted by molar-refractivity contribution is 7.83. The van der Waals surface area contributed by atoms with E-state index in [0.29, 0.717) is 17.5 Å². The largest absolute Gasteiger partial charge is 0.392 e. The van der Waals surface area contributed by atoms with E-state index in [-0.39, 0.29) is 12.4 Å². The first kappa shape index (κ1) is 15.1. The van der Waals surface area contributed by atoms with Crippen LogP contribution in [0.2, 0.25) is 0 Å². The normalized spacial score (nSPS) is 12.4. The summed E-state index contributed by atoms with van der Waals surface area (Å²) in [4.78, 5) is 4.26. The van der Waals surface area contributed by atoms with Crippen molar-refractivity contribution in [3.63, 3.8) is 0 Å². The molecule has 3 aromatic rings. The van der Waals surface area contributed by atoms with Crippen LogP contribution in [0.1, 0.15) is 17.0 Å². The van der Waals surface area contributed by atoms with Crippen molar-refractivity contribution in [3.8, 4) is 11.4 Å². The average Bonchev–Trinajstić information content (AvgIpc) is 3.19. The molecule has 0 saturated carbocycles. The molecule has 114 valence electrons. The fourth-order valence-electron chi connectivity index (χ4n) is 1.94. The third kappa shape index (κ3) is 3.68. The van der Waals surface area contributed by atoms with E-state index < -0.39 is 10.8 Å². The van der Waals surface area contributed by atoms with Gasteiger partial charge in [0.25, 0.3) is 0 Å². The Kier molecular flexibility index (Phi) is 4.77. The van der Waals surface area contributed by atoms with Gasteiger partial charge in [-0.15, -0.1) is 0 Å². The third-order valence-electron chi connectivity index (χ3n) is 3.07. The molecule has 0 aliphatic heterocycles. The number of nitrogens with zero attached hydrogens (tertiary/aromatic N) is 2. The molecular weight excluding hydrogens is 320 g/mol. The zero-order chi connectivity index (χ0) is 15.4. The first-order valence-corrected chi connectivity index (χ1v) is 9.06. The van der Waals surface area contributed by atoms with Gasteiger partial charge in [-0.3, -0.25) is 4.21 Å². The van der Waals surface area contributed by atoms with Gasteiger partial charge in [0.05, 0.1) is 6.61 Å². The van der Waals surface area contributed by atoms with Crippen LogP contribution in [-0.2, 0) is 28.9 Å². The lowest BCUT2D eigenvalue weighted by Crippen LogP contribution is -2.00. The Hall–Kier alpha value is -1.83. The molecule has 0 fully saturated rings. The van der Waals surface area contributed by atoms with Crippen LogP contribution in [0.4, 0.5) is 0 Å². The summed E-state index contributed by atoms with van der Waals surface area (Å²) in [6, 6.07) is 9.31. The number of thiophene rings is 1. The molecule has 1 unspecified atom stereocenters. The Bertz CT molecular complexity index is 751. The van der Waals surface area contributed by atoms with Gasteiger partial charge < -0.3 is 9.63 Å². The average molecular weight is 334 g/mol. The van der Waals surface area contributed by atoms with E-state index in [1.807, 2.05) is 41.1 Å². The van der Waals surface area contributed by atoms with Crippen molar-refractivity contribution < 1.29 is 13.8 Å². The van der Waals surface area contributed by atoms with Crippen molar-refractivity contribution >= 4 is 22.1 Å². The standard InChI is InChI=1S/C15H14N2O3S2/c18-7-11-1-3-12(4-2-11)9-22(19)10-14-16-15(17-20-14)13-5-6-21-8-13/h1-6,8,18H,7,9-10H2. The second-order valence-corrected chi connectivity index (χ2v) is 6.96. The molecule has 22 heavy (non-hydrogen) atoms. The van der Waals surface area contributed by atoms with Gasteiger partial charge in [-0.25, -0.2) is 0 Å². The molecular formula is C15H14N2O3S2. The molecule has 3 rings (SSSR count). The van der Waals surface area contributed by atoms with Crippen LogP contribution < -0.4 is 0 Å². The first-order chi connectivity index (χ1) is 10.7. The minimum absolute atomic E-state index is 0.0106. The molecule has 1 N–H and O–H groups in total. The van der Waals surface area contributed by atoms with Gasteiger partial charge in [0.2, 0.25) is 11.7 Å². The lowest BCUT2D eigenvalue weighted by Gasteiger charge is -2.01. The summed E-state index contributed by atoms with van der Waals surface area (Å²) in [5.41, 5.74) is 2.70. The quantitative estimate of drug-likeness (QED) is 0.750. The molecule has 5 nitrogen and oxygen atoms in total. The second kappa shape index (κ2) is 6.95. The molecule has 7 heteroatoms. The number of aromatic nitrogens is 2. The van der Waals surface area contributed by atoms with Gasteiger partial charge in [-0.05, 0) is 22.6 Å². The monoisotopic (exact) mass is 334 g/mol. The molecule has 1 aromatic carbocycles. The Morgan fingerprint density at radius 3 is 2.59 bits per heavy atom. The summed E-state index contributed by atoms with van der Waals surface area (Å²) in [5.74, 6) is 1.56. The van der Waals surface area contributed by atoms with Crippen LogP contribution in [0.5, 0.6) is 0 Å². The molecule has 1 atom stereocenters. The van der Waals surface area contributed by atoms with Crippen LogP contribution in [0.25, 0.3) is 11.4 Å². The smallest absolute Gasteiger partial charge is 0.239 e. The second-order valence-electron chi connectivity index (χ2n) is 4.73. The lowest BCUT2D eigenvalue weighted by atomic mass is 10.2. The molecule has 0 saturated heterocycles. The summed E-state index contributed by atoms with van der Waals surface area (Å²) in [7, 11) is -1.12. The summed E-state index contributed by atoms with van der Waals surface area (Å²) < 4.78 is 17.3. The van der Waals surface area contributed by atoms with E-state index in [1.54, 1.807) is 11.3 Å². The zero-order valence-corrected chi connectivity index (χ0v) is 13.3. The molecule has 0 spiro atoms. The highest BCUT2D eigenvalue weighted by Crippen LogP contribution is 2.19. The highest BCUT2D eigenvalue weighted by atomic mass is 32.2. The van der Waals surface area contributed by atoms with Crippen molar-refractivity contribution in [1.29, 1.82) is 0 Å². The lowest BCUT2D eigenvalue weighted by molar-refractivity contribution is 0.282. The Balaban J connectivity index is 1.61. The summed E-state index contributed by atoms with van der Waals surface area (Å²) in [6.07, 6.45) is 0. The van der Waals surface area contributed by atoms with Gasteiger partial charge >= 0.3 is 0 Å². The Morgan fingerprint density at radius 2 is 1.91 bits per heavy atom. The number of aliphatic hydroxyl groups excluding tert-OH is 1. The van der Waals surface area contributed by atoms with E-state index in [1.165, 1.54) is 0 Å². The van der Waals surface area contributed by atoms with Crippen molar-refractivity contribution in [3.05, 3.63) is 58.1 Å². The molecule has 2 heterocycles. The van der Waals surface area contributed by atoms with E-state index in [2.05, 4.69) is 10.1 Å². The minimum atomic E-state index is -1.12. The molecule has 0 radical (unpaired) electrons. The summed E-state index contributed by atoms with van der Waals surface area (Å²) in [6.45, 7) is 0.0106. The van der Waals surface area contributed by atoms with Crippen LogP contribution >= 0.6 is 11.3 Å². The molecule has 0 aliphatic carbocycles. The van der Waals surface area contributed by atoms with E-state index in [4.69, 9.17) is 9.63 Å². The van der Waals surface area contributed by atoms with Crippen molar-refractivity contribution in [2.75, 3.05) is 0 Å². The summed E-state index contributed by atoms with van der Waals surface area (Å²) in [5, 5.41) is 16.8. The molecule has 2 aromatic heterocycles. The molecule has 0 amide bonds. The van der Waals surface area contributed by atoms with Crippen LogP contribution in [0, 0.1) is 0 Å². The van der Waals surface area contributed by atoms with E-state index in [9.17, 15) is 4.21 Å². The van der Waals surface area contributed by atoms with Gasteiger partial charge in [0.1, 0.15) is 5.75 Å². The number of aliphatic hydroxyl groups is 1. The van der Waals surface area contributed by atoms with Crippen molar-refractivity contribution in [2.24, 2.45) is 0 Å². The number of rotatable bonds is 6. The predicted octanol–water partition coefficient (Wildman–Crippen LogP) is 2.74. The number of hydrogen-bond donors (Lipinski definition) is 1. The van der Waals surface area contributed by atoms with Gasteiger partial charge in [0.15, 0.2) is 0 Å². The maximum atomic E-state index is 12.2. The van der Waals surface area contributed by atoms with Crippen LogP contribution in [0.3, 0.4) is 0 Å². The number of hydrogen-bond acceptors (Lipinski definition) is 6. The summed E-state index contributed by atoms with van der Waals surface area (Å²) >= 11 is 1.56. The third-order valence-corrected chi connectivity index (χ3v) is 4.97. The predicted molar refractivity (Wildman–Crippen MR) is 85.5 cm³/mol. The maximum absolute atomic E-state index is 12.2. The Morgan fingerprint density at radius 1 is 1.14 bits per heavy atom. The van der Waals surface area contributed by atoms with E-state index in [0.717, 1.165) is 16.7 Å².